The molecule has 0 aliphatic heterocycles. The van der Waals surface area contributed by atoms with Gasteiger partial charge in [0.1, 0.15) is 0 Å². The van der Waals surface area contributed by atoms with Crippen LogP contribution in [0.15, 0.2) is 59.5 Å². The average Bonchev–Trinajstić information content (AvgIpc) is 2.66. The summed E-state index contributed by atoms with van der Waals surface area (Å²) in [7, 11) is -3.37. The summed E-state index contributed by atoms with van der Waals surface area (Å²) >= 11 is 0. The molecule has 3 aromatic rings. The zero-order chi connectivity index (χ0) is 19.6. The molecule has 0 saturated carbocycles. The predicted octanol–water partition coefficient (Wildman–Crippen LogP) is 3.05. The smallest absolute Gasteiger partial charge is 0.357 e. The van der Waals surface area contributed by atoms with Gasteiger partial charge >= 0.3 is 5.97 Å². The van der Waals surface area contributed by atoms with Crippen LogP contribution in [0, 0.1) is 0 Å². The minimum atomic E-state index is -3.37. The number of hydrogen-bond donors (Lipinski definition) is 0. The molecule has 7 heteroatoms. The van der Waals surface area contributed by atoms with Crippen LogP contribution in [-0.4, -0.2) is 38.0 Å². The van der Waals surface area contributed by atoms with Crippen molar-refractivity contribution in [3.8, 4) is 0 Å². The van der Waals surface area contributed by atoms with E-state index in [2.05, 4.69) is 4.98 Å². The molecular weight excluding hydrogens is 366 g/mol. The molecule has 0 aliphatic carbocycles. The van der Waals surface area contributed by atoms with Crippen LogP contribution >= 0.6 is 0 Å². The Labute approximate surface area is 156 Å². The number of para-hydroxylation sites is 1. The number of carbonyl (C=O) groups excluding carboxylic acids is 2. The molecule has 0 N–H and O–H groups in total. The standard InChI is InChI=1S/C20H17NO5S/c1-3-26-20(23)18-16(12-14-6-4-5-7-17(14)21-18)19(22)13-8-10-15(11-9-13)27(2,24)25/h4-12H,3H2,1-2H3. The van der Waals surface area contributed by atoms with Crippen LogP contribution in [-0.2, 0) is 14.6 Å². The molecule has 0 radical (unpaired) electrons. The molecule has 2 aromatic carbocycles. The van der Waals surface area contributed by atoms with Crippen molar-refractivity contribution in [3.05, 3.63) is 71.4 Å². The number of fused-ring (bicyclic) bond motifs is 1. The molecule has 0 atom stereocenters. The van der Waals surface area contributed by atoms with Gasteiger partial charge in [0, 0.05) is 17.2 Å². The summed E-state index contributed by atoms with van der Waals surface area (Å²) < 4.78 is 28.2. The SMILES string of the molecule is CCOC(=O)c1nc2ccccc2cc1C(=O)c1ccc(S(C)(=O)=O)cc1. The number of ether oxygens (including phenoxy) is 1. The maximum atomic E-state index is 13.0. The van der Waals surface area contributed by atoms with E-state index in [0.717, 1.165) is 6.26 Å². The van der Waals surface area contributed by atoms with Crippen LogP contribution in [0.2, 0.25) is 0 Å². The topological polar surface area (TPSA) is 90.4 Å². The molecule has 0 saturated heterocycles. The van der Waals surface area contributed by atoms with Crippen molar-refractivity contribution >= 4 is 32.5 Å². The highest BCUT2D eigenvalue weighted by Gasteiger charge is 2.22. The molecule has 1 heterocycles. The second-order valence-electron chi connectivity index (χ2n) is 5.92. The van der Waals surface area contributed by atoms with Crippen LogP contribution in [0.4, 0.5) is 0 Å². The molecule has 0 unspecified atom stereocenters. The van der Waals surface area contributed by atoms with Crippen molar-refractivity contribution in [2.75, 3.05) is 12.9 Å². The molecule has 6 nitrogen and oxygen atoms in total. The lowest BCUT2D eigenvalue weighted by molar-refractivity contribution is 0.0517. The number of benzene rings is 2. The predicted molar refractivity (Wildman–Crippen MR) is 101 cm³/mol. The third-order valence-electron chi connectivity index (χ3n) is 3.98. The van der Waals surface area contributed by atoms with E-state index in [1.54, 1.807) is 31.2 Å². The van der Waals surface area contributed by atoms with Crippen molar-refractivity contribution in [2.45, 2.75) is 11.8 Å². The lowest BCUT2D eigenvalue weighted by Crippen LogP contribution is -2.15. The molecule has 0 fully saturated rings. The van der Waals surface area contributed by atoms with Gasteiger partial charge in [0.05, 0.1) is 22.6 Å². The lowest BCUT2D eigenvalue weighted by Gasteiger charge is -2.10. The summed E-state index contributed by atoms with van der Waals surface area (Å²) in [6.07, 6.45) is 1.09. The monoisotopic (exact) mass is 383 g/mol. The van der Waals surface area contributed by atoms with Crippen LogP contribution in [0.3, 0.4) is 0 Å². The normalized spacial score (nSPS) is 11.3. The fourth-order valence-electron chi connectivity index (χ4n) is 2.65. The summed E-state index contributed by atoms with van der Waals surface area (Å²) in [6, 6.07) is 14.3. The van der Waals surface area contributed by atoms with Crippen molar-refractivity contribution in [1.82, 2.24) is 4.98 Å². The number of nitrogens with zero attached hydrogens (tertiary/aromatic N) is 1. The van der Waals surface area contributed by atoms with Crippen molar-refractivity contribution in [2.24, 2.45) is 0 Å². The minimum Gasteiger partial charge on any atom is -0.461 e. The highest BCUT2D eigenvalue weighted by Crippen LogP contribution is 2.21. The summed E-state index contributed by atoms with van der Waals surface area (Å²) in [6.45, 7) is 1.83. The number of aromatic nitrogens is 1. The summed E-state index contributed by atoms with van der Waals surface area (Å²) in [4.78, 5) is 29.7. The van der Waals surface area contributed by atoms with Gasteiger partial charge < -0.3 is 4.74 Å². The third-order valence-corrected chi connectivity index (χ3v) is 5.11. The zero-order valence-corrected chi connectivity index (χ0v) is 15.6. The Hall–Kier alpha value is -3.06. The molecule has 0 bridgehead atoms. The van der Waals surface area contributed by atoms with E-state index >= 15 is 0 Å². The fourth-order valence-corrected chi connectivity index (χ4v) is 3.28. The highest BCUT2D eigenvalue weighted by molar-refractivity contribution is 7.90. The van der Waals surface area contributed by atoms with E-state index in [1.165, 1.54) is 24.3 Å². The van der Waals surface area contributed by atoms with Gasteiger partial charge in [-0.2, -0.15) is 0 Å². The number of sulfone groups is 1. The Bertz CT molecular complexity index is 1130. The number of carbonyl (C=O) groups is 2. The van der Waals surface area contributed by atoms with Crippen molar-refractivity contribution in [1.29, 1.82) is 0 Å². The number of hydrogen-bond acceptors (Lipinski definition) is 6. The molecule has 0 spiro atoms. The van der Waals surface area contributed by atoms with E-state index < -0.39 is 21.6 Å². The van der Waals surface area contributed by atoms with E-state index in [0.29, 0.717) is 10.9 Å². The van der Waals surface area contributed by atoms with Crippen molar-refractivity contribution < 1.29 is 22.7 Å². The van der Waals surface area contributed by atoms with Gasteiger partial charge in [0.25, 0.3) is 0 Å². The van der Waals surface area contributed by atoms with Gasteiger partial charge in [-0.1, -0.05) is 18.2 Å². The molecule has 0 aliphatic rings. The second-order valence-corrected chi connectivity index (χ2v) is 7.94. The van der Waals surface area contributed by atoms with Gasteiger partial charge in [-0.15, -0.1) is 0 Å². The molecule has 0 amide bonds. The van der Waals surface area contributed by atoms with Gasteiger partial charge in [0.15, 0.2) is 21.3 Å². The summed E-state index contributed by atoms with van der Waals surface area (Å²) in [5, 5.41) is 0.710. The van der Waals surface area contributed by atoms with E-state index in [-0.39, 0.29) is 28.3 Å². The third kappa shape index (κ3) is 3.88. The Morgan fingerprint density at radius 1 is 1.04 bits per heavy atom. The van der Waals surface area contributed by atoms with Crippen LogP contribution < -0.4 is 0 Å². The lowest BCUT2D eigenvalue weighted by atomic mass is 10.00. The molecule has 138 valence electrons. The molecular formula is C20H17NO5S. The maximum absolute atomic E-state index is 13.0. The van der Waals surface area contributed by atoms with Gasteiger partial charge in [-0.3, -0.25) is 4.79 Å². The molecule has 3 rings (SSSR count). The van der Waals surface area contributed by atoms with Gasteiger partial charge in [-0.05, 0) is 43.3 Å². The fraction of sp³-hybridized carbons (Fsp3) is 0.150. The average molecular weight is 383 g/mol. The van der Waals surface area contributed by atoms with Crippen molar-refractivity contribution in [3.63, 3.8) is 0 Å². The molecule has 27 heavy (non-hydrogen) atoms. The Kier molecular flexibility index (Phi) is 5.05. The minimum absolute atomic E-state index is 0.0623. The largest absolute Gasteiger partial charge is 0.461 e. The Morgan fingerprint density at radius 2 is 1.70 bits per heavy atom. The first-order chi connectivity index (χ1) is 12.8. The Morgan fingerprint density at radius 3 is 2.33 bits per heavy atom. The first-order valence-corrected chi connectivity index (χ1v) is 10.1. The Balaban J connectivity index is 2.12. The maximum Gasteiger partial charge on any atom is 0.357 e. The number of pyridine rings is 1. The van der Waals surface area contributed by atoms with Crippen LogP contribution in [0.5, 0.6) is 0 Å². The molecule has 1 aromatic heterocycles. The van der Waals surface area contributed by atoms with E-state index in [9.17, 15) is 18.0 Å². The quantitative estimate of drug-likeness (QED) is 0.497. The first kappa shape index (κ1) is 18.7. The van der Waals surface area contributed by atoms with Gasteiger partial charge in [0.2, 0.25) is 0 Å². The first-order valence-electron chi connectivity index (χ1n) is 8.23. The second kappa shape index (κ2) is 7.28. The number of ketones is 1. The summed E-state index contributed by atoms with van der Waals surface area (Å²) in [5.41, 5.74) is 0.876. The van der Waals surface area contributed by atoms with Crippen LogP contribution in [0.25, 0.3) is 10.9 Å². The van der Waals surface area contributed by atoms with Crippen LogP contribution in [0.1, 0.15) is 33.3 Å². The van der Waals surface area contributed by atoms with E-state index in [1.807, 2.05) is 6.07 Å². The number of rotatable bonds is 5. The number of esters is 1. The van der Waals surface area contributed by atoms with E-state index in [4.69, 9.17) is 4.74 Å². The zero-order valence-electron chi connectivity index (χ0n) is 14.8. The van der Waals surface area contributed by atoms with Gasteiger partial charge in [-0.25, -0.2) is 18.2 Å². The highest BCUT2D eigenvalue weighted by atomic mass is 32.2. The summed E-state index contributed by atoms with van der Waals surface area (Å²) in [5.74, 6) is -1.12.